The molecule has 0 amide bonds. The maximum Gasteiger partial charge on any atom is 0.219 e. The SMILES string of the molecule is Cc1ccc(-[n+]2c(C)ccc3c4ccccc4ccc32)cc1. The number of aryl methyl sites for hydroxylation is 2. The van der Waals surface area contributed by atoms with E-state index in [1.54, 1.807) is 0 Å². The van der Waals surface area contributed by atoms with Crippen molar-refractivity contribution < 1.29 is 4.57 Å². The highest BCUT2D eigenvalue weighted by molar-refractivity contribution is 6.05. The molecule has 106 valence electrons. The van der Waals surface area contributed by atoms with Gasteiger partial charge in [-0.05, 0) is 29.8 Å². The minimum atomic E-state index is 1.21. The van der Waals surface area contributed by atoms with Crippen molar-refractivity contribution >= 4 is 21.7 Å². The normalized spacial score (nSPS) is 11.2. The van der Waals surface area contributed by atoms with Crippen molar-refractivity contribution in [1.82, 2.24) is 0 Å². The molecule has 0 saturated carbocycles. The van der Waals surface area contributed by atoms with Gasteiger partial charge in [0.15, 0.2) is 5.69 Å². The molecule has 1 aromatic heterocycles. The van der Waals surface area contributed by atoms with E-state index in [0.717, 1.165) is 0 Å². The molecule has 0 aliphatic rings. The number of hydrogen-bond acceptors (Lipinski definition) is 0. The Morgan fingerprint density at radius 1 is 0.636 bits per heavy atom. The molecule has 4 rings (SSSR count). The van der Waals surface area contributed by atoms with Crippen LogP contribution in [-0.2, 0) is 0 Å². The van der Waals surface area contributed by atoms with Gasteiger partial charge in [-0.2, -0.15) is 4.57 Å². The Kier molecular flexibility index (Phi) is 2.93. The quantitative estimate of drug-likeness (QED) is 0.346. The molecule has 22 heavy (non-hydrogen) atoms. The largest absolute Gasteiger partial charge is 0.219 e. The first-order valence-corrected chi connectivity index (χ1v) is 7.64. The van der Waals surface area contributed by atoms with Crippen molar-refractivity contribution in [1.29, 1.82) is 0 Å². The van der Waals surface area contributed by atoms with Crippen LogP contribution in [0.15, 0.2) is 72.8 Å². The van der Waals surface area contributed by atoms with Crippen molar-refractivity contribution in [2.24, 2.45) is 0 Å². The van der Waals surface area contributed by atoms with Crippen LogP contribution >= 0.6 is 0 Å². The Hall–Kier alpha value is -2.67. The van der Waals surface area contributed by atoms with Gasteiger partial charge >= 0.3 is 0 Å². The highest BCUT2D eigenvalue weighted by Crippen LogP contribution is 2.24. The minimum absolute atomic E-state index is 1.21. The third kappa shape index (κ3) is 1.98. The first-order valence-electron chi connectivity index (χ1n) is 7.64. The molecule has 0 saturated heterocycles. The van der Waals surface area contributed by atoms with Gasteiger partial charge in [0.05, 0.1) is 5.39 Å². The molecule has 0 atom stereocenters. The third-order valence-corrected chi connectivity index (χ3v) is 4.32. The van der Waals surface area contributed by atoms with Crippen LogP contribution in [0.3, 0.4) is 0 Å². The molecule has 4 aromatic rings. The zero-order valence-electron chi connectivity index (χ0n) is 12.9. The van der Waals surface area contributed by atoms with Gasteiger partial charge in [0, 0.05) is 31.2 Å². The van der Waals surface area contributed by atoms with E-state index in [1.807, 2.05) is 0 Å². The maximum absolute atomic E-state index is 2.33. The summed E-state index contributed by atoms with van der Waals surface area (Å²) in [6, 6.07) is 26.2. The van der Waals surface area contributed by atoms with Gasteiger partial charge in [0.2, 0.25) is 11.2 Å². The second-order valence-corrected chi connectivity index (χ2v) is 5.87. The van der Waals surface area contributed by atoms with E-state index in [2.05, 4.69) is 91.2 Å². The van der Waals surface area contributed by atoms with E-state index < -0.39 is 0 Å². The van der Waals surface area contributed by atoms with Crippen molar-refractivity contribution in [3.05, 3.63) is 84.1 Å². The Morgan fingerprint density at radius 2 is 1.41 bits per heavy atom. The van der Waals surface area contributed by atoms with Crippen LogP contribution in [0.25, 0.3) is 27.4 Å². The monoisotopic (exact) mass is 284 g/mol. The Labute approximate surface area is 130 Å². The van der Waals surface area contributed by atoms with E-state index in [-0.39, 0.29) is 0 Å². The highest BCUT2D eigenvalue weighted by Gasteiger charge is 2.16. The molecule has 1 heterocycles. The molecular formula is C21H18N+. The molecule has 0 spiro atoms. The summed E-state index contributed by atoms with van der Waals surface area (Å²) in [7, 11) is 0. The molecule has 0 N–H and O–H groups in total. The topological polar surface area (TPSA) is 3.88 Å². The van der Waals surface area contributed by atoms with E-state index >= 15 is 0 Å². The van der Waals surface area contributed by atoms with Crippen LogP contribution in [-0.4, -0.2) is 0 Å². The molecule has 0 unspecified atom stereocenters. The van der Waals surface area contributed by atoms with Crippen LogP contribution in [0.1, 0.15) is 11.3 Å². The summed E-state index contributed by atoms with van der Waals surface area (Å²) >= 11 is 0. The van der Waals surface area contributed by atoms with Crippen molar-refractivity contribution in [2.45, 2.75) is 13.8 Å². The predicted octanol–water partition coefficient (Wildman–Crippen LogP) is 4.89. The molecule has 0 aliphatic heterocycles. The summed E-state index contributed by atoms with van der Waals surface area (Å²) in [5, 5.41) is 3.89. The average molecular weight is 284 g/mol. The van der Waals surface area contributed by atoms with Crippen LogP contribution < -0.4 is 4.57 Å². The number of fused-ring (bicyclic) bond motifs is 3. The van der Waals surface area contributed by atoms with Gasteiger partial charge in [0.25, 0.3) is 0 Å². The highest BCUT2D eigenvalue weighted by atomic mass is 15.0. The van der Waals surface area contributed by atoms with Crippen molar-refractivity contribution in [2.75, 3.05) is 0 Å². The summed E-state index contributed by atoms with van der Waals surface area (Å²) in [6.45, 7) is 4.28. The van der Waals surface area contributed by atoms with Crippen molar-refractivity contribution in [3.63, 3.8) is 0 Å². The summed E-state index contributed by atoms with van der Waals surface area (Å²) in [5.41, 5.74) is 4.99. The number of benzene rings is 3. The van der Waals surface area contributed by atoms with Crippen LogP contribution in [0.5, 0.6) is 0 Å². The zero-order chi connectivity index (χ0) is 15.1. The van der Waals surface area contributed by atoms with Gasteiger partial charge in [-0.15, -0.1) is 0 Å². The minimum Gasteiger partial charge on any atom is -0.158 e. The van der Waals surface area contributed by atoms with E-state index in [1.165, 1.54) is 38.6 Å². The van der Waals surface area contributed by atoms with Crippen LogP contribution in [0, 0.1) is 13.8 Å². The summed E-state index contributed by atoms with van der Waals surface area (Å²) < 4.78 is 2.33. The molecule has 0 fully saturated rings. The Balaban J connectivity index is 2.11. The molecule has 1 nitrogen and oxygen atoms in total. The molecule has 0 bridgehead atoms. The van der Waals surface area contributed by atoms with Gasteiger partial charge < -0.3 is 0 Å². The molecule has 1 heteroatoms. The second-order valence-electron chi connectivity index (χ2n) is 5.87. The number of pyridine rings is 1. The van der Waals surface area contributed by atoms with Gasteiger partial charge in [-0.3, -0.25) is 0 Å². The zero-order valence-corrected chi connectivity index (χ0v) is 12.9. The maximum atomic E-state index is 2.33. The first-order chi connectivity index (χ1) is 10.7. The fourth-order valence-corrected chi connectivity index (χ4v) is 3.16. The Morgan fingerprint density at radius 3 is 2.23 bits per heavy atom. The smallest absolute Gasteiger partial charge is 0.158 e. The van der Waals surface area contributed by atoms with Gasteiger partial charge in [-0.1, -0.05) is 42.0 Å². The second kappa shape index (κ2) is 4.96. The Bertz CT molecular complexity index is 982. The van der Waals surface area contributed by atoms with E-state index in [4.69, 9.17) is 0 Å². The van der Waals surface area contributed by atoms with Crippen LogP contribution in [0.2, 0.25) is 0 Å². The molecule has 3 aromatic carbocycles. The van der Waals surface area contributed by atoms with Gasteiger partial charge in [-0.25, -0.2) is 0 Å². The summed E-state index contributed by atoms with van der Waals surface area (Å²) in [4.78, 5) is 0. The predicted molar refractivity (Wildman–Crippen MR) is 92.5 cm³/mol. The number of rotatable bonds is 1. The molecular weight excluding hydrogens is 266 g/mol. The van der Waals surface area contributed by atoms with Crippen LogP contribution in [0.4, 0.5) is 0 Å². The number of aromatic nitrogens is 1. The summed E-state index contributed by atoms with van der Waals surface area (Å²) in [6.07, 6.45) is 0. The lowest BCUT2D eigenvalue weighted by atomic mass is 10.0. The lowest BCUT2D eigenvalue weighted by molar-refractivity contribution is -0.574. The lowest BCUT2D eigenvalue weighted by Crippen LogP contribution is -2.35. The van der Waals surface area contributed by atoms with E-state index in [0.29, 0.717) is 0 Å². The number of nitrogens with zero attached hydrogens (tertiary/aromatic N) is 1. The standard InChI is InChI=1S/C21H18N/c1-15-7-11-18(12-8-15)22-16(2)9-13-20-19-6-4-3-5-17(19)10-14-21(20)22/h3-14H,1-2H3/q+1. The summed E-state index contributed by atoms with van der Waals surface area (Å²) in [5.74, 6) is 0. The first kappa shape index (κ1) is 13.0. The van der Waals surface area contributed by atoms with Gasteiger partial charge in [0.1, 0.15) is 0 Å². The molecule has 0 radical (unpaired) electrons. The average Bonchev–Trinajstić information content (AvgIpc) is 2.55. The molecule has 0 aliphatic carbocycles. The fraction of sp³-hybridized carbons (Fsp3) is 0.0952. The fourth-order valence-electron chi connectivity index (χ4n) is 3.16. The van der Waals surface area contributed by atoms with Crippen molar-refractivity contribution in [3.8, 4) is 5.69 Å². The lowest BCUT2D eigenvalue weighted by Gasteiger charge is -2.07. The number of hydrogen-bond donors (Lipinski definition) is 0. The van der Waals surface area contributed by atoms with E-state index in [9.17, 15) is 0 Å². The third-order valence-electron chi connectivity index (χ3n) is 4.32.